The van der Waals surface area contributed by atoms with Crippen LogP contribution >= 0.6 is 0 Å². The van der Waals surface area contributed by atoms with Crippen molar-refractivity contribution in [3.63, 3.8) is 0 Å². The van der Waals surface area contributed by atoms with Crippen LogP contribution in [0.4, 0.5) is 4.48 Å². The molecule has 1 N–H and O–H groups in total. The van der Waals surface area contributed by atoms with E-state index in [-0.39, 0.29) is 6.04 Å². The van der Waals surface area contributed by atoms with Gasteiger partial charge in [-0.1, -0.05) is 18.2 Å². The Balaban J connectivity index is 2.08. The lowest BCUT2D eigenvalue weighted by Crippen LogP contribution is -2.30. The second-order valence-corrected chi connectivity index (χ2v) is 4.55. The summed E-state index contributed by atoms with van der Waals surface area (Å²) in [5, 5.41) is 2.11. The third-order valence-corrected chi connectivity index (χ3v) is 3.57. The predicted octanol–water partition coefficient (Wildman–Crippen LogP) is 2.84. The third-order valence-electron chi connectivity index (χ3n) is 3.57. The number of hydrogen-bond acceptors (Lipinski definition) is 1. The van der Waals surface area contributed by atoms with Crippen LogP contribution in [-0.4, -0.2) is 23.2 Å². The van der Waals surface area contributed by atoms with Gasteiger partial charge in [0.15, 0.2) is 0 Å². The normalized spacial score (nSPS) is 20.3. The molecular formula is C13H15FN2. The number of H-pyrrole nitrogens is 1. The monoisotopic (exact) mass is 218 g/mol. The van der Waals surface area contributed by atoms with E-state index in [0.29, 0.717) is 0 Å². The SMILES string of the molecule is CN(F)C1CCc2[nH]c3ccccc3c2C1. The summed E-state index contributed by atoms with van der Waals surface area (Å²) in [5.74, 6) is 0. The molecule has 0 saturated heterocycles. The summed E-state index contributed by atoms with van der Waals surface area (Å²) in [6.07, 6.45) is 2.65. The van der Waals surface area contributed by atoms with Crippen molar-refractivity contribution in [2.45, 2.75) is 25.3 Å². The molecule has 0 amide bonds. The maximum Gasteiger partial charge on any atom is 0.0458 e. The van der Waals surface area contributed by atoms with Gasteiger partial charge in [-0.3, -0.25) is 0 Å². The second kappa shape index (κ2) is 3.59. The molecule has 1 aliphatic rings. The van der Waals surface area contributed by atoms with Gasteiger partial charge in [0.1, 0.15) is 0 Å². The average molecular weight is 218 g/mol. The fourth-order valence-corrected chi connectivity index (χ4v) is 2.65. The zero-order valence-electron chi connectivity index (χ0n) is 9.33. The lowest BCUT2D eigenvalue weighted by molar-refractivity contribution is 0.00317. The molecule has 1 aromatic heterocycles. The molecule has 3 heteroatoms. The standard InChI is InChI=1S/C13H15FN2/c1-16(14)9-6-7-13-11(8-9)10-4-2-3-5-12(10)15-13/h2-5,9,15H,6-8H2,1H3. The maximum absolute atomic E-state index is 13.2. The van der Waals surface area contributed by atoms with Crippen molar-refractivity contribution in [3.8, 4) is 0 Å². The van der Waals surface area contributed by atoms with Gasteiger partial charge in [0.2, 0.25) is 0 Å². The first-order valence-corrected chi connectivity index (χ1v) is 5.73. The lowest BCUT2D eigenvalue weighted by Gasteiger charge is -2.24. The van der Waals surface area contributed by atoms with Crippen molar-refractivity contribution in [1.82, 2.24) is 10.1 Å². The Hall–Kier alpha value is -1.35. The fraction of sp³-hybridized carbons (Fsp3) is 0.385. The average Bonchev–Trinajstić information content (AvgIpc) is 2.66. The van der Waals surface area contributed by atoms with Crippen molar-refractivity contribution in [2.75, 3.05) is 7.05 Å². The molecular weight excluding hydrogens is 203 g/mol. The summed E-state index contributed by atoms with van der Waals surface area (Å²) in [7, 11) is 1.52. The number of aromatic nitrogens is 1. The molecule has 1 unspecified atom stereocenters. The highest BCUT2D eigenvalue weighted by atomic mass is 19.2. The summed E-state index contributed by atoms with van der Waals surface area (Å²) >= 11 is 0. The van der Waals surface area contributed by atoms with Gasteiger partial charge < -0.3 is 4.98 Å². The second-order valence-electron chi connectivity index (χ2n) is 4.55. The van der Waals surface area contributed by atoms with Gasteiger partial charge in [0.05, 0.1) is 0 Å². The molecule has 2 aromatic rings. The largest absolute Gasteiger partial charge is 0.358 e. The number of para-hydroxylation sites is 1. The van der Waals surface area contributed by atoms with E-state index >= 15 is 0 Å². The van der Waals surface area contributed by atoms with Crippen LogP contribution in [0.2, 0.25) is 0 Å². The molecule has 0 radical (unpaired) electrons. The number of aromatic amines is 1. The van der Waals surface area contributed by atoms with Crippen LogP contribution in [0, 0.1) is 0 Å². The summed E-state index contributed by atoms with van der Waals surface area (Å²) in [6, 6.07) is 8.31. The molecule has 0 saturated carbocycles. The van der Waals surface area contributed by atoms with E-state index in [9.17, 15) is 4.48 Å². The van der Waals surface area contributed by atoms with E-state index < -0.39 is 0 Å². The van der Waals surface area contributed by atoms with Gasteiger partial charge in [-0.2, -0.15) is 0 Å². The van der Waals surface area contributed by atoms with Crippen LogP contribution in [-0.2, 0) is 12.8 Å². The molecule has 16 heavy (non-hydrogen) atoms. The summed E-state index contributed by atoms with van der Waals surface area (Å²) in [4.78, 5) is 3.43. The molecule has 3 rings (SSSR count). The Morgan fingerprint density at radius 1 is 1.38 bits per heavy atom. The van der Waals surface area contributed by atoms with Crippen molar-refractivity contribution in [3.05, 3.63) is 35.5 Å². The zero-order chi connectivity index (χ0) is 11.1. The Kier molecular flexibility index (Phi) is 2.21. The quantitative estimate of drug-likeness (QED) is 0.729. The smallest absolute Gasteiger partial charge is 0.0458 e. The number of rotatable bonds is 1. The third kappa shape index (κ3) is 1.43. The minimum atomic E-state index is 0.0340. The van der Waals surface area contributed by atoms with E-state index in [1.807, 2.05) is 12.1 Å². The van der Waals surface area contributed by atoms with Crippen molar-refractivity contribution < 1.29 is 4.48 Å². The van der Waals surface area contributed by atoms with Gasteiger partial charge in [0.25, 0.3) is 0 Å². The van der Waals surface area contributed by atoms with E-state index in [0.717, 1.165) is 24.4 Å². The molecule has 1 aromatic carbocycles. The molecule has 1 heterocycles. The Bertz CT molecular complexity index is 516. The Morgan fingerprint density at radius 3 is 3.00 bits per heavy atom. The summed E-state index contributed by atoms with van der Waals surface area (Å²) in [6.45, 7) is 0. The molecule has 0 fully saturated rings. The number of likely N-dealkylation sites (N-methyl/N-ethyl adjacent to an activating group) is 1. The van der Waals surface area contributed by atoms with E-state index in [1.54, 1.807) is 0 Å². The number of halogens is 1. The molecule has 0 spiro atoms. The van der Waals surface area contributed by atoms with Crippen LogP contribution in [0.3, 0.4) is 0 Å². The van der Waals surface area contributed by atoms with Crippen LogP contribution < -0.4 is 0 Å². The number of hydrogen-bond donors (Lipinski definition) is 1. The van der Waals surface area contributed by atoms with Gasteiger partial charge in [-0.15, -0.1) is 9.60 Å². The summed E-state index contributed by atoms with van der Waals surface area (Å²) in [5.41, 5.74) is 3.77. The molecule has 1 aliphatic carbocycles. The van der Waals surface area contributed by atoms with Crippen molar-refractivity contribution in [2.24, 2.45) is 0 Å². The van der Waals surface area contributed by atoms with Crippen LogP contribution in [0.25, 0.3) is 10.9 Å². The highest BCUT2D eigenvalue weighted by Crippen LogP contribution is 2.30. The topological polar surface area (TPSA) is 19.0 Å². The number of nitrogens with one attached hydrogen (secondary N) is 1. The predicted molar refractivity (Wildman–Crippen MR) is 63.0 cm³/mol. The van der Waals surface area contributed by atoms with Crippen molar-refractivity contribution >= 4 is 10.9 Å². The first kappa shape index (κ1) is 9.85. The minimum Gasteiger partial charge on any atom is -0.358 e. The molecule has 1 atom stereocenters. The molecule has 0 aliphatic heterocycles. The lowest BCUT2D eigenvalue weighted by atomic mass is 9.91. The van der Waals surface area contributed by atoms with E-state index in [2.05, 4.69) is 17.1 Å². The fourth-order valence-electron chi connectivity index (χ4n) is 2.65. The number of fused-ring (bicyclic) bond motifs is 3. The van der Waals surface area contributed by atoms with Crippen LogP contribution in [0.1, 0.15) is 17.7 Å². The number of aryl methyl sites for hydroxylation is 1. The highest BCUT2D eigenvalue weighted by Gasteiger charge is 2.24. The van der Waals surface area contributed by atoms with Gasteiger partial charge in [0, 0.05) is 29.7 Å². The first-order chi connectivity index (χ1) is 7.75. The van der Waals surface area contributed by atoms with Crippen molar-refractivity contribution in [1.29, 1.82) is 0 Å². The number of benzene rings is 1. The van der Waals surface area contributed by atoms with Gasteiger partial charge in [-0.05, 0) is 30.9 Å². The molecule has 84 valence electrons. The first-order valence-electron chi connectivity index (χ1n) is 5.73. The maximum atomic E-state index is 13.2. The van der Waals surface area contributed by atoms with Crippen LogP contribution in [0.15, 0.2) is 24.3 Å². The van der Waals surface area contributed by atoms with E-state index in [1.165, 1.54) is 29.2 Å². The van der Waals surface area contributed by atoms with Gasteiger partial charge in [-0.25, -0.2) is 0 Å². The Morgan fingerprint density at radius 2 is 2.19 bits per heavy atom. The number of nitrogens with zero attached hydrogens (tertiary/aromatic N) is 1. The highest BCUT2D eigenvalue weighted by molar-refractivity contribution is 5.84. The molecule has 0 bridgehead atoms. The zero-order valence-corrected chi connectivity index (χ0v) is 9.33. The molecule has 2 nitrogen and oxygen atoms in total. The van der Waals surface area contributed by atoms with E-state index in [4.69, 9.17) is 0 Å². The van der Waals surface area contributed by atoms with Crippen LogP contribution in [0.5, 0.6) is 0 Å². The Labute approximate surface area is 94.0 Å². The minimum absolute atomic E-state index is 0.0340. The van der Waals surface area contributed by atoms with Gasteiger partial charge >= 0.3 is 0 Å². The summed E-state index contributed by atoms with van der Waals surface area (Å²) < 4.78 is 13.2.